The minimum absolute atomic E-state index is 0.0568. The van der Waals surface area contributed by atoms with Crippen LogP contribution in [0.3, 0.4) is 0 Å². The van der Waals surface area contributed by atoms with Gasteiger partial charge in [0.2, 0.25) is 0 Å². The van der Waals surface area contributed by atoms with E-state index in [0.29, 0.717) is 28.6 Å². The predicted octanol–water partition coefficient (Wildman–Crippen LogP) is 5.02. The van der Waals surface area contributed by atoms with Crippen molar-refractivity contribution >= 4 is 15.8 Å². The van der Waals surface area contributed by atoms with E-state index in [4.69, 9.17) is 14.5 Å². The second kappa shape index (κ2) is 11.6. The molecule has 210 valence electrons. The highest BCUT2D eigenvalue weighted by Crippen LogP contribution is 2.40. The summed E-state index contributed by atoms with van der Waals surface area (Å²) in [5.74, 6) is 1.11. The number of aliphatic hydroxyl groups is 1. The van der Waals surface area contributed by atoms with Crippen molar-refractivity contribution in [1.29, 1.82) is 0 Å². The molecule has 10 nitrogen and oxygen atoms in total. The van der Waals surface area contributed by atoms with Gasteiger partial charge < -0.3 is 14.6 Å². The van der Waals surface area contributed by atoms with Crippen LogP contribution in [-0.2, 0) is 16.4 Å². The standard InChI is InChI=1S/C29H33N5O5S/c1-18-11-13-21(14-12-18)40(36,37)34-26-25(39-24-10-8-7-9-23(24)38-6)22(16-29(4,5)17-35)32-28(33-26)27-30-19(2)15-20(3)31-27/h7-15,35H,16-17H2,1-6H3,(H,32,33,34). The zero-order valence-electron chi connectivity index (χ0n) is 23.4. The van der Waals surface area contributed by atoms with Crippen molar-refractivity contribution in [2.75, 3.05) is 18.4 Å². The minimum Gasteiger partial charge on any atom is -0.493 e. The van der Waals surface area contributed by atoms with Crippen LogP contribution in [0, 0.1) is 26.2 Å². The third-order valence-electron chi connectivity index (χ3n) is 6.04. The van der Waals surface area contributed by atoms with Gasteiger partial charge in [0.25, 0.3) is 10.0 Å². The molecule has 0 saturated heterocycles. The number of sulfonamides is 1. The Balaban J connectivity index is 1.97. The predicted molar refractivity (Wildman–Crippen MR) is 152 cm³/mol. The number of anilines is 1. The second-order valence-corrected chi connectivity index (χ2v) is 12.0. The lowest BCUT2D eigenvalue weighted by Gasteiger charge is -2.24. The van der Waals surface area contributed by atoms with Gasteiger partial charge in [-0.15, -0.1) is 0 Å². The van der Waals surface area contributed by atoms with E-state index in [1.165, 1.54) is 19.2 Å². The van der Waals surface area contributed by atoms with E-state index in [9.17, 15) is 13.5 Å². The van der Waals surface area contributed by atoms with E-state index in [1.807, 2.05) is 40.7 Å². The van der Waals surface area contributed by atoms with Crippen LogP contribution in [-0.4, -0.2) is 47.2 Å². The molecule has 11 heteroatoms. The van der Waals surface area contributed by atoms with E-state index in [0.717, 1.165) is 5.56 Å². The first-order valence-electron chi connectivity index (χ1n) is 12.7. The second-order valence-electron chi connectivity index (χ2n) is 10.3. The summed E-state index contributed by atoms with van der Waals surface area (Å²) in [6, 6.07) is 15.3. The molecule has 2 N–H and O–H groups in total. The van der Waals surface area contributed by atoms with Crippen LogP contribution in [0.1, 0.15) is 36.5 Å². The van der Waals surface area contributed by atoms with Crippen molar-refractivity contribution in [3.63, 3.8) is 0 Å². The summed E-state index contributed by atoms with van der Waals surface area (Å²) in [6.45, 7) is 9.11. The van der Waals surface area contributed by atoms with Gasteiger partial charge in [-0.1, -0.05) is 43.7 Å². The first-order valence-corrected chi connectivity index (χ1v) is 14.1. The number of hydrogen-bond donors (Lipinski definition) is 2. The van der Waals surface area contributed by atoms with E-state index in [-0.39, 0.29) is 41.1 Å². The van der Waals surface area contributed by atoms with Gasteiger partial charge in [0.15, 0.2) is 34.7 Å². The minimum atomic E-state index is -4.08. The van der Waals surface area contributed by atoms with Crippen molar-refractivity contribution in [3.05, 3.63) is 77.2 Å². The molecule has 0 aliphatic carbocycles. The Hall–Kier alpha value is -4.09. The fourth-order valence-corrected chi connectivity index (χ4v) is 4.95. The van der Waals surface area contributed by atoms with Crippen LogP contribution >= 0.6 is 0 Å². The third kappa shape index (κ3) is 6.72. The maximum absolute atomic E-state index is 13.5. The number of benzene rings is 2. The van der Waals surface area contributed by atoms with Gasteiger partial charge in [0.05, 0.1) is 17.7 Å². The Morgan fingerprint density at radius 2 is 1.48 bits per heavy atom. The summed E-state index contributed by atoms with van der Waals surface area (Å²) in [5, 5.41) is 10.1. The number of aryl methyl sites for hydroxylation is 3. The smallest absolute Gasteiger partial charge is 0.263 e. The van der Waals surface area contributed by atoms with Crippen LogP contribution in [0.15, 0.2) is 59.5 Å². The Labute approximate surface area is 234 Å². The molecule has 0 bridgehead atoms. The number of ether oxygens (including phenoxy) is 2. The molecule has 0 aliphatic rings. The Morgan fingerprint density at radius 1 is 0.875 bits per heavy atom. The van der Waals surface area contributed by atoms with E-state index in [2.05, 4.69) is 19.7 Å². The van der Waals surface area contributed by atoms with Crippen LogP contribution in [0.4, 0.5) is 5.82 Å². The lowest BCUT2D eigenvalue weighted by atomic mass is 9.88. The van der Waals surface area contributed by atoms with Crippen LogP contribution in [0.25, 0.3) is 11.6 Å². The maximum Gasteiger partial charge on any atom is 0.263 e. The highest BCUT2D eigenvalue weighted by molar-refractivity contribution is 7.92. The molecule has 0 saturated carbocycles. The van der Waals surface area contributed by atoms with Gasteiger partial charge in [0.1, 0.15) is 0 Å². The number of rotatable bonds is 10. The number of hydrogen-bond acceptors (Lipinski definition) is 9. The number of aliphatic hydroxyl groups excluding tert-OH is 1. The summed E-state index contributed by atoms with van der Waals surface area (Å²) in [7, 11) is -2.57. The zero-order valence-corrected chi connectivity index (χ0v) is 24.2. The molecular formula is C29H33N5O5S. The summed E-state index contributed by atoms with van der Waals surface area (Å²) >= 11 is 0. The maximum atomic E-state index is 13.5. The molecule has 2 aromatic carbocycles. The van der Waals surface area contributed by atoms with Crippen molar-refractivity contribution < 1.29 is 23.0 Å². The lowest BCUT2D eigenvalue weighted by molar-refractivity contribution is 0.158. The van der Waals surface area contributed by atoms with Crippen LogP contribution < -0.4 is 14.2 Å². The zero-order chi connectivity index (χ0) is 29.1. The topological polar surface area (TPSA) is 136 Å². The quantitative estimate of drug-likeness (QED) is 0.272. The van der Waals surface area contributed by atoms with Gasteiger partial charge in [-0.3, -0.25) is 4.72 Å². The third-order valence-corrected chi connectivity index (χ3v) is 7.39. The van der Waals surface area contributed by atoms with Gasteiger partial charge in [-0.2, -0.15) is 0 Å². The molecule has 0 fully saturated rings. The molecule has 0 radical (unpaired) electrons. The Bertz CT molecular complexity index is 1600. The molecule has 0 spiro atoms. The summed E-state index contributed by atoms with van der Waals surface area (Å²) in [6.07, 6.45) is 0.230. The monoisotopic (exact) mass is 563 g/mol. The number of methoxy groups -OCH3 is 1. The van der Waals surface area contributed by atoms with Crippen molar-refractivity contribution in [1.82, 2.24) is 19.9 Å². The Morgan fingerprint density at radius 3 is 2.08 bits per heavy atom. The van der Waals surface area contributed by atoms with Gasteiger partial charge in [-0.05, 0) is 56.5 Å². The van der Waals surface area contributed by atoms with Crippen LogP contribution in [0.2, 0.25) is 0 Å². The van der Waals surface area contributed by atoms with Crippen molar-refractivity contribution in [2.24, 2.45) is 5.41 Å². The fraction of sp³-hybridized carbons (Fsp3) is 0.310. The largest absolute Gasteiger partial charge is 0.493 e. The van der Waals surface area contributed by atoms with Crippen LogP contribution in [0.5, 0.6) is 17.2 Å². The van der Waals surface area contributed by atoms with Crippen molar-refractivity contribution in [2.45, 2.75) is 45.9 Å². The highest BCUT2D eigenvalue weighted by atomic mass is 32.2. The van der Waals surface area contributed by atoms with Gasteiger partial charge in [0, 0.05) is 24.4 Å². The average Bonchev–Trinajstić information content (AvgIpc) is 2.90. The highest BCUT2D eigenvalue weighted by Gasteiger charge is 2.28. The molecule has 0 atom stereocenters. The number of aromatic nitrogens is 4. The molecule has 2 heterocycles. The fourth-order valence-electron chi connectivity index (χ4n) is 3.95. The molecule has 0 amide bonds. The molecule has 4 aromatic rings. The lowest BCUT2D eigenvalue weighted by Crippen LogP contribution is -2.22. The van der Waals surface area contributed by atoms with E-state index >= 15 is 0 Å². The molecule has 0 aliphatic heterocycles. The van der Waals surface area contributed by atoms with Gasteiger partial charge >= 0.3 is 0 Å². The number of para-hydroxylation sites is 2. The summed E-state index contributed by atoms with van der Waals surface area (Å²) in [4.78, 5) is 18.3. The SMILES string of the molecule is COc1ccccc1Oc1c(CC(C)(C)CO)nc(-c2nc(C)cc(C)n2)nc1NS(=O)(=O)c1ccc(C)cc1. The molecular weight excluding hydrogens is 530 g/mol. The molecule has 4 rings (SSSR count). The van der Waals surface area contributed by atoms with E-state index in [1.54, 1.807) is 36.4 Å². The summed E-state index contributed by atoms with van der Waals surface area (Å²) < 4.78 is 41.4. The van der Waals surface area contributed by atoms with E-state index < -0.39 is 15.4 Å². The molecule has 0 unspecified atom stereocenters. The van der Waals surface area contributed by atoms with Crippen molar-refractivity contribution in [3.8, 4) is 28.9 Å². The Kier molecular flexibility index (Phi) is 8.36. The average molecular weight is 564 g/mol. The first-order chi connectivity index (χ1) is 18.9. The van der Waals surface area contributed by atoms with Gasteiger partial charge in [-0.25, -0.2) is 28.4 Å². The first kappa shape index (κ1) is 28.9. The normalized spacial score (nSPS) is 11.8. The molecule has 40 heavy (non-hydrogen) atoms. The number of nitrogens with zero attached hydrogens (tertiary/aromatic N) is 4. The number of nitrogens with one attached hydrogen (secondary N) is 1. The molecule has 2 aromatic heterocycles. The summed E-state index contributed by atoms with van der Waals surface area (Å²) in [5.41, 5.74) is 2.07.